The van der Waals surface area contributed by atoms with Crippen molar-refractivity contribution in [2.24, 2.45) is 10.7 Å². The number of thiophene rings is 1. The summed E-state index contributed by atoms with van der Waals surface area (Å²) in [5.41, 5.74) is 6.08. The van der Waals surface area contributed by atoms with Gasteiger partial charge in [0, 0.05) is 42.6 Å². The fourth-order valence-electron chi connectivity index (χ4n) is 2.16. The van der Waals surface area contributed by atoms with E-state index in [1.54, 1.807) is 22.7 Å². The molecule has 8 heteroatoms. The maximum absolute atomic E-state index is 6.08. The van der Waals surface area contributed by atoms with Gasteiger partial charge >= 0.3 is 0 Å². The lowest BCUT2D eigenvalue weighted by atomic mass is 10.3. The highest BCUT2D eigenvalue weighted by Crippen LogP contribution is 2.18. The van der Waals surface area contributed by atoms with Gasteiger partial charge in [-0.15, -0.1) is 46.7 Å². The van der Waals surface area contributed by atoms with E-state index in [4.69, 9.17) is 5.73 Å². The number of piperazine rings is 1. The second-order valence-corrected chi connectivity index (χ2v) is 6.45. The van der Waals surface area contributed by atoms with E-state index in [0.717, 1.165) is 31.3 Å². The van der Waals surface area contributed by atoms with Crippen molar-refractivity contribution in [1.29, 1.82) is 0 Å². The van der Waals surface area contributed by atoms with Crippen LogP contribution >= 0.6 is 46.7 Å². The van der Waals surface area contributed by atoms with E-state index >= 15 is 0 Å². The van der Waals surface area contributed by atoms with Crippen LogP contribution in [0.25, 0.3) is 0 Å². The van der Waals surface area contributed by atoms with Crippen molar-refractivity contribution in [3.8, 4) is 0 Å². The van der Waals surface area contributed by atoms with E-state index in [1.165, 1.54) is 4.88 Å². The number of hydrogen-bond donors (Lipinski definition) is 1. The molecule has 1 aliphatic heterocycles. The summed E-state index contributed by atoms with van der Waals surface area (Å²) in [5.74, 6) is 0.650. The van der Waals surface area contributed by atoms with E-state index in [-0.39, 0.29) is 24.0 Å². The molecule has 2 aromatic rings. The molecule has 0 atom stereocenters. The van der Waals surface area contributed by atoms with Gasteiger partial charge in [-0.1, -0.05) is 6.07 Å². The van der Waals surface area contributed by atoms with E-state index in [0.29, 0.717) is 12.5 Å². The number of halogens is 1. The van der Waals surface area contributed by atoms with Gasteiger partial charge in [0.05, 0.1) is 6.54 Å². The van der Waals surface area contributed by atoms with Crippen molar-refractivity contribution in [2.75, 3.05) is 31.1 Å². The highest BCUT2D eigenvalue weighted by Gasteiger charge is 2.19. The van der Waals surface area contributed by atoms with Crippen molar-refractivity contribution >= 4 is 57.7 Å². The van der Waals surface area contributed by atoms with E-state index in [9.17, 15) is 0 Å². The Labute approximate surface area is 149 Å². The van der Waals surface area contributed by atoms with Gasteiger partial charge in [-0.05, 0) is 11.4 Å². The number of rotatable bonds is 3. The van der Waals surface area contributed by atoms with Crippen molar-refractivity contribution in [1.82, 2.24) is 9.88 Å². The van der Waals surface area contributed by atoms with Crippen LogP contribution in [-0.2, 0) is 6.54 Å². The van der Waals surface area contributed by atoms with Crippen LogP contribution in [0.1, 0.15) is 4.88 Å². The largest absolute Gasteiger partial charge is 0.370 e. The standard InChI is InChI=1S/C13H17N5S2.HI/c14-12(16-10-11-2-1-8-19-11)17-4-6-18(7-5-17)13-15-3-9-20-13;/h1-3,8-9H,4-7,10H2,(H2,14,16);1H. The summed E-state index contributed by atoms with van der Waals surface area (Å²) in [7, 11) is 0. The number of hydrogen-bond acceptors (Lipinski definition) is 5. The molecule has 3 rings (SSSR count). The summed E-state index contributed by atoms with van der Waals surface area (Å²) in [6.45, 7) is 4.38. The minimum Gasteiger partial charge on any atom is -0.370 e. The third-order valence-corrected chi connectivity index (χ3v) is 4.96. The van der Waals surface area contributed by atoms with Crippen LogP contribution in [0.3, 0.4) is 0 Å². The average Bonchev–Trinajstić information content (AvgIpc) is 3.18. The van der Waals surface area contributed by atoms with Crippen LogP contribution in [0.2, 0.25) is 0 Å². The number of aromatic nitrogens is 1. The third kappa shape index (κ3) is 4.30. The maximum atomic E-state index is 6.08. The molecule has 2 N–H and O–H groups in total. The van der Waals surface area contributed by atoms with E-state index in [2.05, 4.69) is 31.2 Å². The first-order chi connectivity index (χ1) is 9.83. The molecule has 0 spiro atoms. The van der Waals surface area contributed by atoms with Gasteiger partial charge in [0.25, 0.3) is 0 Å². The van der Waals surface area contributed by atoms with Crippen molar-refractivity contribution in [3.63, 3.8) is 0 Å². The second kappa shape index (κ2) is 7.95. The smallest absolute Gasteiger partial charge is 0.191 e. The first kappa shape index (κ1) is 16.5. The van der Waals surface area contributed by atoms with Gasteiger partial charge in [0.1, 0.15) is 0 Å². The Hall–Kier alpha value is -0.870. The lowest BCUT2D eigenvalue weighted by Crippen LogP contribution is -2.51. The van der Waals surface area contributed by atoms with Gasteiger partial charge in [-0.3, -0.25) is 0 Å². The summed E-state index contributed by atoms with van der Waals surface area (Å²) >= 11 is 3.40. The summed E-state index contributed by atoms with van der Waals surface area (Å²) < 4.78 is 0. The maximum Gasteiger partial charge on any atom is 0.191 e. The van der Waals surface area contributed by atoms with Gasteiger partial charge in [-0.25, -0.2) is 9.98 Å². The highest BCUT2D eigenvalue weighted by atomic mass is 127. The summed E-state index contributed by atoms with van der Waals surface area (Å²) in [4.78, 5) is 14.5. The quantitative estimate of drug-likeness (QED) is 0.457. The summed E-state index contributed by atoms with van der Waals surface area (Å²) in [6.07, 6.45) is 1.85. The Balaban J connectivity index is 0.00000161. The Morgan fingerprint density at radius 3 is 2.67 bits per heavy atom. The lowest BCUT2D eigenvalue weighted by molar-refractivity contribution is 0.380. The van der Waals surface area contributed by atoms with Crippen LogP contribution in [0.5, 0.6) is 0 Å². The number of nitrogens with zero attached hydrogens (tertiary/aromatic N) is 4. The van der Waals surface area contributed by atoms with Gasteiger partial charge in [0.2, 0.25) is 0 Å². The summed E-state index contributed by atoms with van der Waals surface area (Å²) in [5, 5.41) is 5.17. The molecule has 0 saturated carbocycles. The van der Waals surface area contributed by atoms with Crippen LogP contribution in [-0.4, -0.2) is 42.0 Å². The van der Waals surface area contributed by atoms with Crippen LogP contribution < -0.4 is 10.6 Å². The molecule has 0 amide bonds. The van der Waals surface area contributed by atoms with Gasteiger partial charge in [-0.2, -0.15) is 0 Å². The van der Waals surface area contributed by atoms with Crippen molar-refractivity contribution in [3.05, 3.63) is 34.0 Å². The Bertz CT molecular complexity index is 547. The Morgan fingerprint density at radius 1 is 1.24 bits per heavy atom. The molecule has 114 valence electrons. The molecule has 5 nitrogen and oxygen atoms in total. The Morgan fingerprint density at radius 2 is 2.05 bits per heavy atom. The molecule has 0 aromatic carbocycles. The number of thiazole rings is 1. The third-order valence-electron chi connectivity index (χ3n) is 3.27. The number of guanidine groups is 1. The molecule has 1 fully saturated rings. The Kier molecular flexibility index (Phi) is 6.24. The monoisotopic (exact) mass is 435 g/mol. The molecule has 0 radical (unpaired) electrons. The van der Waals surface area contributed by atoms with Crippen LogP contribution in [0.15, 0.2) is 34.1 Å². The lowest BCUT2D eigenvalue weighted by Gasteiger charge is -2.35. The zero-order valence-electron chi connectivity index (χ0n) is 11.5. The number of nitrogens with two attached hydrogens (primary N) is 1. The predicted molar refractivity (Wildman–Crippen MR) is 101 cm³/mol. The first-order valence-electron chi connectivity index (χ1n) is 6.54. The molecule has 2 aromatic heterocycles. The first-order valence-corrected chi connectivity index (χ1v) is 8.30. The van der Waals surface area contributed by atoms with Crippen molar-refractivity contribution < 1.29 is 0 Å². The van der Waals surface area contributed by atoms with Gasteiger partial charge < -0.3 is 15.5 Å². The second-order valence-electron chi connectivity index (χ2n) is 4.54. The molecule has 0 aliphatic carbocycles. The molecular weight excluding hydrogens is 417 g/mol. The highest BCUT2D eigenvalue weighted by molar-refractivity contribution is 14.0. The van der Waals surface area contributed by atoms with Crippen LogP contribution in [0, 0.1) is 0 Å². The minimum atomic E-state index is 0. The fraction of sp³-hybridized carbons (Fsp3) is 0.385. The zero-order chi connectivity index (χ0) is 13.8. The molecule has 0 bridgehead atoms. The molecular formula is C13H18IN5S2. The van der Waals surface area contributed by atoms with Crippen LogP contribution in [0.4, 0.5) is 5.13 Å². The number of aliphatic imine (C=N–C) groups is 1. The minimum absolute atomic E-state index is 0. The van der Waals surface area contributed by atoms with Gasteiger partial charge in [0.15, 0.2) is 11.1 Å². The average molecular weight is 435 g/mol. The molecule has 21 heavy (non-hydrogen) atoms. The molecule has 1 aliphatic rings. The number of anilines is 1. The fourth-order valence-corrected chi connectivity index (χ4v) is 3.49. The summed E-state index contributed by atoms with van der Waals surface area (Å²) in [6, 6.07) is 4.13. The molecule has 0 unspecified atom stereocenters. The topological polar surface area (TPSA) is 57.8 Å². The molecule has 1 saturated heterocycles. The zero-order valence-corrected chi connectivity index (χ0v) is 15.5. The molecule has 3 heterocycles. The van der Waals surface area contributed by atoms with E-state index < -0.39 is 0 Å². The predicted octanol–water partition coefficient (Wildman–Crippen LogP) is 2.46. The normalized spacial score (nSPS) is 15.9. The van der Waals surface area contributed by atoms with Crippen molar-refractivity contribution in [2.45, 2.75) is 6.54 Å². The SMILES string of the molecule is I.NC(=NCc1cccs1)N1CCN(c2nccs2)CC1. The van der Waals surface area contributed by atoms with E-state index in [1.807, 2.05) is 17.6 Å².